The van der Waals surface area contributed by atoms with Gasteiger partial charge in [0.1, 0.15) is 11.8 Å². The maximum Gasteiger partial charge on any atom is 0.127 e. The molecule has 2 aromatic rings. The molecular weight excluding hydrogens is 176 g/mol. The third kappa shape index (κ3) is 1.12. The molecule has 1 aromatic heterocycles. The highest BCUT2D eigenvalue weighted by Gasteiger charge is 2.07. The lowest BCUT2D eigenvalue weighted by Crippen LogP contribution is -1.88. The predicted molar refractivity (Wildman–Crippen MR) is 54.8 cm³/mol. The first kappa shape index (κ1) is 8.32. The molecule has 4 heteroatoms. The molecule has 14 heavy (non-hydrogen) atoms. The van der Waals surface area contributed by atoms with Gasteiger partial charge in [0, 0.05) is 16.5 Å². The van der Waals surface area contributed by atoms with Gasteiger partial charge in [-0.2, -0.15) is 10.4 Å². The topological polar surface area (TPSA) is 78.0 Å². The summed E-state index contributed by atoms with van der Waals surface area (Å²) >= 11 is 0. The van der Waals surface area contributed by atoms with Gasteiger partial charge < -0.3 is 10.8 Å². The summed E-state index contributed by atoms with van der Waals surface area (Å²) in [6.45, 7) is 0. The zero-order chi connectivity index (χ0) is 9.97. The molecule has 0 aliphatic heterocycles. The van der Waals surface area contributed by atoms with Crippen LogP contribution in [-0.2, 0) is 0 Å². The van der Waals surface area contributed by atoms with E-state index < -0.39 is 0 Å². The van der Waals surface area contributed by atoms with E-state index in [4.69, 9.17) is 11.1 Å². The zero-order valence-corrected chi connectivity index (χ0v) is 7.36. The van der Waals surface area contributed by atoms with E-state index >= 15 is 0 Å². The van der Waals surface area contributed by atoms with Crippen LogP contribution in [0.2, 0.25) is 0 Å². The summed E-state index contributed by atoms with van der Waals surface area (Å²) in [6, 6.07) is 9.71. The summed E-state index contributed by atoms with van der Waals surface area (Å²) in [4.78, 5) is 2.99. The van der Waals surface area contributed by atoms with Gasteiger partial charge in [0.25, 0.3) is 0 Å². The van der Waals surface area contributed by atoms with Crippen LogP contribution in [0.25, 0.3) is 10.9 Å². The van der Waals surface area contributed by atoms with Crippen molar-refractivity contribution in [3.8, 4) is 6.07 Å². The van der Waals surface area contributed by atoms with E-state index in [0.717, 1.165) is 16.5 Å². The average molecular weight is 184 g/mol. The number of H-pyrrole nitrogens is 1. The Morgan fingerprint density at radius 1 is 1.43 bits per heavy atom. The standard InChI is InChI=1S/C10H8N4/c11-5-10-8(6-13-12)7-3-1-2-4-9(7)14-10/h1-4,6,14H,12H2/b13-6+. The summed E-state index contributed by atoms with van der Waals surface area (Å²) in [5.74, 6) is 5.08. The largest absolute Gasteiger partial charge is 0.346 e. The molecule has 0 atom stereocenters. The molecule has 0 aliphatic rings. The smallest absolute Gasteiger partial charge is 0.127 e. The fourth-order valence-electron chi connectivity index (χ4n) is 1.46. The minimum atomic E-state index is 0.486. The number of hydrazone groups is 1. The molecule has 0 amide bonds. The first-order chi connectivity index (χ1) is 6.86. The van der Waals surface area contributed by atoms with E-state index in [1.807, 2.05) is 24.3 Å². The summed E-state index contributed by atoms with van der Waals surface area (Å²) in [5, 5.41) is 13.3. The summed E-state index contributed by atoms with van der Waals surface area (Å²) in [5.41, 5.74) is 2.14. The van der Waals surface area contributed by atoms with E-state index in [1.54, 1.807) is 0 Å². The highest BCUT2D eigenvalue weighted by molar-refractivity contribution is 6.01. The van der Waals surface area contributed by atoms with Crippen molar-refractivity contribution in [1.29, 1.82) is 5.26 Å². The lowest BCUT2D eigenvalue weighted by atomic mass is 10.1. The lowest BCUT2D eigenvalue weighted by Gasteiger charge is -1.88. The van der Waals surface area contributed by atoms with Crippen LogP contribution >= 0.6 is 0 Å². The number of benzene rings is 1. The first-order valence-electron chi connectivity index (χ1n) is 4.11. The Morgan fingerprint density at radius 2 is 2.21 bits per heavy atom. The molecule has 0 saturated carbocycles. The van der Waals surface area contributed by atoms with Gasteiger partial charge in [0.05, 0.1) is 6.21 Å². The van der Waals surface area contributed by atoms with Crippen molar-refractivity contribution in [1.82, 2.24) is 4.98 Å². The van der Waals surface area contributed by atoms with E-state index in [9.17, 15) is 0 Å². The molecule has 0 bridgehead atoms. The zero-order valence-electron chi connectivity index (χ0n) is 7.36. The molecule has 0 fully saturated rings. The van der Waals surface area contributed by atoms with Crippen LogP contribution in [0.3, 0.4) is 0 Å². The monoisotopic (exact) mass is 184 g/mol. The van der Waals surface area contributed by atoms with Crippen molar-refractivity contribution >= 4 is 17.1 Å². The highest BCUT2D eigenvalue weighted by atomic mass is 15.1. The SMILES string of the molecule is N#Cc1[nH]c2ccccc2c1/C=N/N. The van der Waals surface area contributed by atoms with Crippen LogP contribution in [0, 0.1) is 11.3 Å². The van der Waals surface area contributed by atoms with Crippen LogP contribution in [0.15, 0.2) is 29.4 Å². The number of fused-ring (bicyclic) bond motifs is 1. The van der Waals surface area contributed by atoms with Gasteiger partial charge in [-0.15, -0.1) is 0 Å². The van der Waals surface area contributed by atoms with Crippen LogP contribution in [-0.4, -0.2) is 11.2 Å². The van der Waals surface area contributed by atoms with Gasteiger partial charge in [0.2, 0.25) is 0 Å². The minimum absolute atomic E-state index is 0.486. The molecule has 2 rings (SSSR count). The predicted octanol–water partition coefficient (Wildman–Crippen LogP) is 1.33. The molecule has 0 aliphatic carbocycles. The average Bonchev–Trinajstić information content (AvgIpc) is 2.58. The van der Waals surface area contributed by atoms with Crippen molar-refractivity contribution < 1.29 is 0 Å². The minimum Gasteiger partial charge on any atom is -0.346 e. The van der Waals surface area contributed by atoms with E-state index in [-0.39, 0.29) is 0 Å². The first-order valence-corrected chi connectivity index (χ1v) is 4.11. The maximum absolute atomic E-state index is 8.86. The van der Waals surface area contributed by atoms with Crippen LogP contribution in [0.4, 0.5) is 0 Å². The fourth-order valence-corrected chi connectivity index (χ4v) is 1.46. The van der Waals surface area contributed by atoms with Crippen molar-refractivity contribution in [2.75, 3.05) is 0 Å². The van der Waals surface area contributed by atoms with E-state index in [0.29, 0.717) is 5.69 Å². The number of aromatic amines is 1. The van der Waals surface area contributed by atoms with Crippen molar-refractivity contribution in [2.24, 2.45) is 10.9 Å². The van der Waals surface area contributed by atoms with E-state index in [1.165, 1.54) is 6.21 Å². The molecule has 1 aromatic carbocycles. The number of nitrogens with one attached hydrogen (secondary N) is 1. The molecule has 0 spiro atoms. The van der Waals surface area contributed by atoms with Crippen LogP contribution in [0.1, 0.15) is 11.3 Å². The number of aromatic nitrogens is 1. The molecule has 4 nitrogen and oxygen atoms in total. The Kier molecular flexibility index (Phi) is 1.92. The Balaban J connectivity index is 2.82. The number of nitriles is 1. The van der Waals surface area contributed by atoms with Gasteiger partial charge in [-0.05, 0) is 6.07 Å². The second-order valence-corrected chi connectivity index (χ2v) is 2.85. The second kappa shape index (κ2) is 3.23. The molecule has 1 heterocycles. The number of rotatable bonds is 1. The number of nitrogens with zero attached hydrogens (tertiary/aromatic N) is 2. The Bertz CT molecular complexity index is 531. The Labute approximate surface area is 80.7 Å². The Hall–Kier alpha value is -2.28. The molecule has 3 N–H and O–H groups in total. The van der Waals surface area contributed by atoms with Crippen LogP contribution in [0.5, 0.6) is 0 Å². The second-order valence-electron chi connectivity index (χ2n) is 2.85. The van der Waals surface area contributed by atoms with E-state index in [2.05, 4.69) is 16.2 Å². The normalized spacial score (nSPS) is 10.8. The molecule has 0 saturated heterocycles. The highest BCUT2D eigenvalue weighted by Crippen LogP contribution is 2.19. The number of hydrogen-bond donors (Lipinski definition) is 2. The van der Waals surface area contributed by atoms with Crippen molar-refractivity contribution in [3.05, 3.63) is 35.5 Å². The third-order valence-electron chi connectivity index (χ3n) is 2.06. The fraction of sp³-hybridized carbons (Fsp3) is 0. The third-order valence-corrected chi connectivity index (χ3v) is 2.06. The van der Waals surface area contributed by atoms with Gasteiger partial charge in [-0.25, -0.2) is 0 Å². The number of nitrogens with two attached hydrogens (primary N) is 1. The number of para-hydroxylation sites is 1. The lowest BCUT2D eigenvalue weighted by molar-refractivity contribution is 1.26. The molecule has 0 unspecified atom stereocenters. The van der Waals surface area contributed by atoms with Gasteiger partial charge >= 0.3 is 0 Å². The van der Waals surface area contributed by atoms with Crippen LogP contribution < -0.4 is 5.84 Å². The Morgan fingerprint density at radius 3 is 2.93 bits per heavy atom. The van der Waals surface area contributed by atoms with Crippen molar-refractivity contribution in [3.63, 3.8) is 0 Å². The van der Waals surface area contributed by atoms with Gasteiger partial charge in [-0.3, -0.25) is 0 Å². The molecular formula is C10H8N4. The summed E-state index contributed by atoms with van der Waals surface area (Å²) in [6.07, 6.45) is 1.48. The molecule has 68 valence electrons. The number of hydrogen-bond acceptors (Lipinski definition) is 3. The van der Waals surface area contributed by atoms with Gasteiger partial charge in [0.15, 0.2) is 0 Å². The van der Waals surface area contributed by atoms with Gasteiger partial charge in [-0.1, -0.05) is 18.2 Å². The molecule has 0 radical (unpaired) electrons. The summed E-state index contributed by atoms with van der Waals surface area (Å²) < 4.78 is 0. The summed E-state index contributed by atoms with van der Waals surface area (Å²) in [7, 11) is 0. The maximum atomic E-state index is 8.86. The van der Waals surface area contributed by atoms with Crippen molar-refractivity contribution in [2.45, 2.75) is 0 Å². The quantitative estimate of drug-likeness (QED) is 0.398.